The first-order chi connectivity index (χ1) is 11.6. The minimum atomic E-state index is -0.141. The Morgan fingerprint density at radius 3 is 2.62 bits per heavy atom. The van der Waals surface area contributed by atoms with Gasteiger partial charge in [0.05, 0.1) is 11.7 Å². The zero-order chi connectivity index (χ0) is 16.7. The van der Waals surface area contributed by atoms with Crippen LogP contribution < -0.4 is 5.43 Å². The molecule has 24 heavy (non-hydrogen) atoms. The molecule has 2 aromatic heterocycles. The Morgan fingerprint density at radius 2 is 1.79 bits per heavy atom. The van der Waals surface area contributed by atoms with E-state index in [0.717, 1.165) is 16.6 Å². The number of H-pyrrole nitrogens is 1. The van der Waals surface area contributed by atoms with E-state index in [9.17, 15) is 9.59 Å². The molecule has 0 amide bonds. The Hall–Kier alpha value is -3.21. The number of Topliss-reactive ketones (excluding diaryl/α,β-unsaturated/α-hetero) is 1. The van der Waals surface area contributed by atoms with Gasteiger partial charge in [-0.25, -0.2) is 0 Å². The van der Waals surface area contributed by atoms with Crippen LogP contribution in [0.4, 0.5) is 0 Å². The first-order valence-electron chi connectivity index (χ1n) is 7.70. The smallest absolute Gasteiger partial charge is 0.207 e. The van der Waals surface area contributed by atoms with E-state index >= 15 is 0 Å². The highest BCUT2D eigenvalue weighted by atomic mass is 16.1. The van der Waals surface area contributed by atoms with Crippen molar-refractivity contribution < 1.29 is 4.79 Å². The lowest BCUT2D eigenvalue weighted by Gasteiger charge is -2.08. The summed E-state index contributed by atoms with van der Waals surface area (Å²) in [4.78, 5) is 28.0. The Morgan fingerprint density at radius 1 is 1.08 bits per heavy atom. The SMILES string of the molecule is Cc1[nH]c2ccccc2c1C(=O)Cn1ncc(=O)c2ccccc21. The molecule has 4 rings (SSSR count). The van der Waals surface area contributed by atoms with Crippen molar-refractivity contribution in [3.05, 3.63) is 76.2 Å². The van der Waals surface area contributed by atoms with Crippen molar-refractivity contribution in [1.29, 1.82) is 0 Å². The molecule has 0 saturated carbocycles. The van der Waals surface area contributed by atoms with E-state index in [4.69, 9.17) is 0 Å². The summed E-state index contributed by atoms with van der Waals surface area (Å²) in [6, 6.07) is 14.9. The molecule has 0 bridgehead atoms. The van der Waals surface area contributed by atoms with Crippen LogP contribution in [0.2, 0.25) is 0 Å². The molecular formula is C19H15N3O2. The van der Waals surface area contributed by atoms with Crippen molar-refractivity contribution in [2.75, 3.05) is 0 Å². The number of ketones is 1. The predicted octanol–water partition coefficient (Wildman–Crippen LogP) is 3.07. The largest absolute Gasteiger partial charge is 0.358 e. The third-order valence-corrected chi connectivity index (χ3v) is 4.23. The number of para-hydroxylation sites is 2. The highest BCUT2D eigenvalue weighted by molar-refractivity contribution is 6.09. The summed E-state index contributed by atoms with van der Waals surface area (Å²) in [5.41, 5.74) is 2.98. The van der Waals surface area contributed by atoms with Crippen LogP contribution in [0.3, 0.4) is 0 Å². The van der Waals surface area contributed by atoms with Gasteiger partial charge in [-0.3, -0.25) is 14.3 Å². The monoisotopic (exact) mass is 317 g/mol. The van der Waals surface area contributed by atoms with E-state index in [1.807, 2.05) is 37.3 Å². The summed E-state index contributed by atoms with van der Waals surface area (Å²) in [5.74, 6) is -0.0359. The summed E-state index contributed by atoms with van der Waals surface area (Å²) in [6.07, 6.45) is 1.26. The summed E-state index contributed by atoms with van der Waals surface area (Å²) in [7, 11) is 0. The van der Waals surface area contributed by atoms with Gasteiger partial charge in [-0.1, -0.05) is 30.3 Å². The maximum Gasteiger partial charge on any atom is 0.207 e. The number of aromatic amines is 1. The number of aromatic nitrogens is 3. The van der Waals surface area contributed by atoms with Gasteiger partial charge in [-0.2, -0.15) is 5.10 Å². The highest BCUT2D eigenvalue weighted by Gasteiger charge is 2.17. The molecule has 0 aliphatic carbocycles. The molecule has 118 valence electrons. The van der Waals surface area contributed by atoms with Crippen molar-refractivity contribution in [2.45, 2.75) is 13.5 Å². The van der Waals surface area contributed by atoms with Gasteiger partial charge in [0.2, 0.25) is 5.43 Å². The number of carbonyl (C=O) groups excluding carboxylic acids is 1. The van der Waals surface area contributed by atoms with Gasteiger partial charge in [-0.15, -0.1) is 0 Å². The number of hydrogen-bond donors (Lipinski definition) is 1. The van der Waals surface area contributed by atoms with Gasteiger partial charge in [0.1, 0.15) is 6.54 Å². The number of nitrogens with one attached hydrogen (secondary N) is 1. The first-order valence-corrected chi connectivity index (χ1v) is 7.70. The second kappa shape index (κ2) is 5.45. The number of nitrogens with zero attached hydrogens (tertiary/aromatic N) is 2. The average Bonchev–Trinajstić information content (AvgIpc) is 2.93. The first kappa shape index (κ1) is 14.4. The number of aryl methyl sites for hydroxylation is 1. The van der Waals surface area contributed by atoms with Crippen molar-refractivity contribution in [3.63, 3.8) is 0 Å². The van der Waals surface area contributed by atoms with Crippen LogP contribution >= 0.6 is 0 Å². The Balaban J connectivity index is 1.81. The summed E-state index contributed by atoms with van der Waals surface area (Å²) < 4.78 is 1.58. The zero-order valence-electron chi connectivity index (χ0n) is 13.1. The molecule has 5 heteroatoms. The lowest BCUT2D eigenvalue weighted by atomic mass is 10.1. The van der Waals surface area contributed by atoms with E-state index in [0.29, 0.717) is 16.5 Å². The third-order valence-electron chi connectivity index (χ3n) is 4.23. The van der Waals surface area contributed by atoms with E-state index in [1.165, 1.54) is 6.20 Å². The fraction of sp³-hybridized carbons (Fsp3) is 0.105. The van der Waals surface area contributed by atoms with Gasteiger partial charge in [0.15, 0.2) is 5.78 Å². The molecule has 1 N–H and O–H groups in total. The van der Waals surface area contributed by atoms with Crippen LogP contribution in [0.25, 0.3) is 21.8 Å². The number of hydrogen-bond acceptors (Lipinski definition) is 3. The Bertz CT molecular complexity index is 1140. The van der Waals surface area contributed by atoms with E-state index in [2.05, 4.69) is 10.1 Å². The second-order valence-electron chi connectivity index (χ2n) is 5.78. The van der Waals surface area contributed by atoms with E-state index < -0.39 is 0 Å². The zero-order valence-corrected chi connectivity index (χ0v) is 13.1. The quantitative estimate of drug-likeness (QED) is 0.590. The van der Waals surface area contributed by atoms with Crippen LogP contribution in [-0.4, -0.2) is 20.5 Å². The Kier molecular flexibility index (Phi) is 3.27. The van der Waals surface area contributed by atoms with Crippen molar-refractivity contribution in [3.8, 4) is 0 Å². The molecule has 5 nitrogen and oxygen atoms in total. The van der Waals surface area contributed by atoms with Gasteiger partial charge >= 0.3 is 0 Å². The molecular weight excluding hydrogens is 302 g/mol. The highest BCUT2D eigenvalue weighted by Crippen LogP contribution is 2.23. The summed E-state index contributed by atoms with van der Waals surface area (Å²) in [6.45, 7) is 1.98. The molecule has 4 aromatic rings. The molecule has 2 heterocycles. The van der Waals surface area contributed by atoms with Crippen LogP contribution in [0, 0.1) is 6.92 Å². The Labute approximate surface area is 137 Å². The molecule has 0 aliphatic heterocycles. The van der Waals surface area contributed by atoms with Crippen LogP contribution in [0.15, 0.2) is 59.5 Å². The van der Waals surface area contributed by atoms with Crippen LogP contribution in [0.1, 0.15) is 16.1 Å². The maximum absolute atomic E-state index is 12.9. The van der Waals surface area contributed by atoms with Crippen LogP contribution in [-0.2, 0) is 6.54 Å². The lowest BCUT2D eigenvalue weighted by Crippen LogP contribution is -2.17. The van der Waals surface area contributed by atoms with E-state index in [-0.39, 0.29) is 17.8 Å². The second-order valence-corrected chi connectivity index (χ2v) is 5.78. The third kappa shape index (κ3) is 2.22. The lowest BCUT2D eigenvalue weighted by molar-refractivity contribution is 0.0970. The number of carbonyl (C=O) groups is 1. The van der Waals surface area contributed by atoms with Crippen molar-refractivity contribution in [2.24, 2.45) is 0 Å². The number of rotatable bonds is 3. The molecule has 0 spiro atoms. The maximum atomic E-state index is 12.9. The normalized spacial score (nSPS) is 11.2. The summed E-state index contributed by atoms with van der Waals surface area (Å²) in [5, 5.41) is 5.61. The fourth-order valence-electron chi connectivity index (χ4n) is 3.14. The fourth-order valence-corrected chi connectivity index (χ4v) is 3.14. The molecule has 0 aliphatic rings. The molecule has 0 radical (unpaired) electrons. The predicted molar refractivity (Wildman–Crippen MR) is 93.4 cm³/mol. The minimum absolute atomic E-state index is 0.0359. The van der Waals surface area contributed by atoms with Crippen molar-refractivity contribution >= 4 is 27.6 Å². The van der Waals surface area contributed by atoms with E-state index in [1.54, 1.807) is 22.9 Å². The molecule has 0 unspecified atom stereocenters. The van der Waals surface area contributed by atoms with Gasteiger partial charge in [-0.05, 0) is 25.1 Å². The summed E-state index contributed by atoms with van der Waals surface area (Å²) >= 11 is 0. The standard InChI is InChI=1S/C19H15N3O2/c1-12-19(13-6-2-4-8-15(13)21-12)18(24)11-22-16-9-5-3-7-14(16)17(23)10-20-22/h2-10,21H,11H2,1H3. The minimum Gasteiger partial charge on any atom is -0.358 e. The van der Waals surface area contributed by atoms with Crippen LogP contribution in [0.5, 0.6) is 0 Å². The van der Waals surface area contributed by atoms with Gasteiger partial charge < -0.3 is 4.98 Å². The molecule has 0 saturated heterocycles. The molecule has 2 aromatic carbocycles. The number of benzene rings is 2. The van der Waals surface area contributed by atoms with Crippen molar-refractivity contribution in [1.82, 2.24) is 14.8 Å². The average molecular weight is 317 g/mol. The van der Waals surface area contributed by atoms with Gasteiger partial charge in [0, 0.05) is 27.5 Å². The number of fused-ring (bicyclic) bond motifs is 2. The topological polar surface area (TPSA) is 67.8 Å². The molecule has 0 fully saturated rings. The molecule has 0 atom stereocenters. The van der Waals surface area contributed by atoms with Gasteiger partial charge in [0.25, 0.3) is 0 Å².